The average Bonchev–Trinajstić information content (AvgIpc) is 3.37. The highest BCUT2D eigenvalue weighted by atomic mass is 32.2. The van der Waals surface area contributed by atoms with Crippen LogP contribution >= 0.6 is 11.8 Å². The molecule has 4 rings (SSSR count). The summed E-state index contributed by atoms with van der Waals surface area (Å²) in [6.07, 6.45) is 1.56. The first-order valence-electron chi connectivity index (χ1n) is 8.53. The maximum Gasteiger partial charge on any atom is 0.255 e. The highest BCUT2D eigenvalue weighted by molar-refractivity contribution is 7.98. The summed E-state index contributed by atoms with van der Waals surface area (Å²) in [5.74, 6) is 7.60. The van der Waals surface area contributed by atoms with Gasteiger partial charge >= 0.3 is 0 Å². The van der Waals surface area contributed by atoms with Crippen LogP contribution in [0.1, 0.15) is 15.9 Å². The number of anilines is 1. The van der Waals surface area contributed by atoms with Crippen molar-refractivity contribution in [1.29, 1.82) is 0 Å². The summed E-state index contributed by atoms with van der Waals surface area (Å²) in [6, 6.07) is 20.3. The summed E-state index contributed by atoms with van der Waals surface area (Å²) in [4.78, 5) is 12.3. The molecule has 0 spiro atoms. The van der Waals surface area contributed by atoms with E-state index in [1.165, 1.54) is 16.4 Å². The number of hydrogen-bond donors (Lipinski definition) is 2. The Balaban J connectivity index is 1.38. The SMILES string of the molecule is Nn1c(SCc2ccc(C(=O)Nc3ccccc3)cc2)nnc1-c1ccco1. The van der Waals surface area contributed by atoms with Gasteiger partial charge in [0.05, 0.1) is 6.26 Å². The van der Waals surface area contributed by atoms with E-state index in [0.717, 1.165) is 11.3 Å². The van der Waals surface area contributed by atoms with Crippen LogP contribution in [0.4, 0.5) is 5.69 Å². The van der Waals surface area contributed by atoms with Crippen molar-refractivity contribution in [2.24, 2.45) is 0 Å². The Labute approximate surface area is 165 Å². The van der Waals surface area contributed by atoms with Crippen LogP contribution in [-0.4, -0.2) is 20.8 Å². The molecule has 2 aromatic heterocycles. The zero-order valence-corrected chi connectivity index (χ0v) is 15.6. The van der Waals surface area contributed by atoms with Crippen LogP contribution in [0.3, 0.4) is 0 Å². The van der Waals surface area contributed by atoms with Gasteiger partial charge in [-0.1, -0.05) is 42.1 Å². The third-order valence-electron chi connectivity index (χ3n) is 4.02. The molecule has 0 unspecified atom stereocenters. The summed E-state index contributed by atoms with van der Waals surface area (Å²) >= 11 is 1.46. The number of carbonyl (C=O) groups is 1. The molecule has 140 valence electrons. The highest BCUT2D eigenvalue weighted by Gasteiger charge is 2.14. The maximum atomic E-state index is 12.3. The number of nitrogens with one attached hydrogen (secondary N) is 1. The summed E-state index contributed by atoms with van der Waals surface area (Å²) in [6.45, 7) is 0. The van der Waals surface area contributed by atoms with Crippen molar-refractivity contribution in [1.82, 2.24) is 14.9 Å². The first-order chi connectivity index (χ1) is 13.7. The molecular formula is C20H17N5O2S. The van der Waals surface area contributed by atoms with Crippen molar-refractivity contribution in [3.63, 3.8) is 0 Å². The maximum absolute atomic E-state index is 12.3. The first-order valence-corrected chi connectivity index (χ1v) is 9.52. The van der Waals surface area contributed by atoms with Gasteiger partial charge < -0.3 is 15.6 Å². The minimum atomic E-state index is -0.143. The van der Waals surface area contributed by atoms with Crippen LogP contribution in [-0.2, 0) is 5.75 Å². The van der Waals surface area contributed by atoms with Gasteiger partial charge in [0.15, 0.2) is 5.76 Å². The normalized spacial score (nSPS) is 10.7. The number of amides is 1. The lowest BCUT2D eigenvalue weighted by Gasteiger charge is -2.06. The molecule has 0 bridgehead atoms. The van der Waals surface area contributed by atoms with Crippen molar-refractivity contribution in [2.45, 2.75) is 10.9 Å². The molecule has 3 N–H and O–H groups in total. The van der Waals surface area contributed by atoms with E-state index in [0.29, 0.717) is 28.1 Å². The highest BCUT2D eigenvalue weighted by Crippen LogP contribution is 2.24. The van der Waals surface area contributed by atoms with Crippen LogP contribution < -0.4 is 11.2 Å². The van der Waals surface area contributed by atoms with Crippen molar-refractivity contribution >= 4 is 23.4 Å². The number of thioether (sulfide) groups is 1. The second kappa shape index (κ2) is 8.01. The number of furan rings is 1. The molecule has 0 fully saturated rings. The van der Waals surface area contributed by atoms with Crippen LogP contribution in [0.2, 0.25) is 0 Å². The number of rotatable bonds is 6. The van der Waals surface area contributed by atoms with Crippen molar-refractivity contribution in [3.8, 4) is 11.6 Å². The number of carbonyl (C=O) groups excluding carboxylic acids is 1. The molecule has 2 heterocycles. The summed E-state index contributed by atoms with van der Waals surface area (Å²) in [5, 5.41) is 11.6. The fourth-order valence-corrected chi connectivity index (χ4v) is 3.39. The molecule has 4 aromatic rings. The Hall–Kier alpha value is -3.52. The average molecular weight is 391 g/mol. The molecule has 0 aliphatic rings. The molecule has 0 radical (unpaired) electrons. The number of nitrogen functional groups attached to an aromatic ring is 1. The fourth-order valence-electron chi connectivity index (χ4n) is 2.57. The lowest BCUT2D eigenvalue weighted by molar-refractivity contribution is 0.102. The molecule has 7 nitrogen and oxygen atoms in total. The molecule has 2 aromatic carbocycles. The smallest absolute Gasteiger partial charge is 0.255 e. The number of para-hydroxylation sites is 1. The third-order valence-corrected chi connectivity index (χ3v) is 5.04. The van der Waals surface area contributed by atoms with Gasteiger partial charge in [0.2, 0.25) is 11.0 Å². The Bertz CT molecular complexity index is 1060. The van der Waals surface area contributed by atoms with E-state index >= 15 is 0 Å². The zero-order chi connectivity index (χ0) is 19.3. The number of hydrogen-bond acceptors (Lipinski definition) is 6. The number of aromatic nitrogens is 3. The molecular weight excluding hydrogens is 374 g/mol. The van der Waals surface area contributed by atoms with Crippen molar-refractivity contribution in [3.05, 3.63) is 84.1 Å². The monoisotopic (exact) mass is 391 g/mol. The van der Waals surface area contributed by atoms with E-state index in [9.17, 15) is 4.79 Å². The van der Waals surface area contributed by atoms with E-state index in [-0.39, 0.29) is 5.91 Å². The molecule has 1 amide bonds. The Morgan fingerprint density at radius 2 is 1.82 bits per heavy atom. The van der Waals surface area contributed by atoms with Gasteiger partial charge in [0, 0.05) is 17.0 Å². The lowest BCUT2D eigenvalue weighted by atomic mass is 10.1. The van der Waals surface area contributed by atoms with E-state index in [1.807, 2.05) is 42.5 Å². The molecule has 0 saturated carbocycles. The Morgan fingerprint density at radius 1 is 1.04 bits per heavy atom. The Kier molecular flexibility index (Phi) is 5.11. The van der Waals surface area contributed by atoms with Gasteiger partial charge in [-0.2, -0.15) is 0 Å². The van der Waals surface area contributed by atoms with Gasteiger partial charge in [0.1, 0.15) is 0 Å². The van der Waals surface area contributed by atoms with Crippen molar-refractivity contribution < 1.29 is 9.21 Å². The fraction of sp³-hybridized carbons (Fsp3) is 0.0500. The minimum Gasteiger partial charge on any atom is -0.461 e. The predicted molar refractivity (Wildman–Crippen MR) is 108 cm³/mol. The molecule has 28 heavy (non-hydrogen) atoms. The number of nitrogens with zero attached hydrogens (tertiary/aromatic N) is 3. The third kappa shape index (κ3) is 3.91. The number of benzene rings is 2. The quantitative estimate of drug-likeness (QED) is 0.383. The standard InChI is InChI=1S/C20H17N5O2S/c21-25-18(17-7-4-12-27-17)23-24-20(25)28-13-14-8-10-15(11-9-14)19(26)22-16-5-2-1-3-6-16/h1-12H,13,21H2,(H,22,26). The van der Waals surface area contributed by atoms with E-state index in [1.54, 1.807) is 30.5 Å². The predicted octanol–water partition coefficient (Wildman–Crippen LogP) is 3.80. The van der Waals surface area contributed by atoms with Gasteiger partial charge in [-0.25, -0.2) is 4.68 Å². The topological polar surface area (TPSA) is 99.0 Å². The van der Waals surface area contributed by atoms with Gasteiger partial charge in [0.25, 0.3) is 5.91 Å². The molecule has 0 aliphatic carbocycles. The first kappa shape index (κ1) is 17.9. The second-order valence-corrected chi connectivity index (χ2v) is 6.90. The van der Waals surface area contributed by atoms with Gasteiger partial charge in [-0.15, -0.1) is 10.2 Å². The minimum absolute atomic E-state index is 0.143. The van der Waals surface area contributed by atoms with Crippen LogP contribution in [0.15, 0.2) is 82.6 Å². The van der Waals surface area contributed by atoms with Crippen LogP contribution in [0, 0.1) is 0 Å². The van der Waals surface area contributed by atoms with E-state index in [2.05, 4.69) is 15.5 Å². The summed E-state index contributed by atoms with van der Waals surface area (Å²) in [7, 11) is 0. The zero-order valence-electron chi connectivity index (χ0n) is 14.8. The number of nitrogens with two attached hydrogens (primary N) is 1. The summed E-state index contributed by atoms with van der Waals surface area (Å²) < 4.78 is 6.71. The summed E-state index contributed by atoms with van der Waals surface area (Å²) in [5.41, 5.74) is 2.41. The molecule has 0 aliphatic heterocycles. The Morgan fingerprint density at radius 3 is 2.54 bits per heavy atom. The van der Waals surface area contributed by atoms with Gasteiger partial charge in [-0.05, 0) is 42.0 Å². The van der Waals surface area contributed by atoms with Crippen LogP contribution in [0.25, 0.3) is 11.6 Å². The molecule has 0 atom stereocenters. The molecule has 8 heteroatoms. The second-order valence-electron chi connectivity index (χ2n) is 5.96. The van der Waals surface area contributed by atoms with Crippen LogP contribution in [0.5, 0.6) is 0 Å². The largest absolute Gasteiger partial charge is 0.461 e. The lowest BCUT2D eigenvalue weighted by Crippen LogP contribution is -2.12. The van der Waals surface area contributed by atoms with E-state index in [4.69, 9.17) is 10.3 Å². The van der Waals surface area contributed by atoms with E-state index < -0.39 is 0 Å². The van der Waals surface area contributed by atoms with Gasteiger partial charge in [-0.3, -0.25) is 4.79 Å². The molecule has 0 saturated heterocycles. The van der Waals surface area contributed by atoms with Crippen molar-refractivity contribution in [2.75, 3.05) is 11.2 Å².